The van der Waals surface area contributed by atoms with Gasteiger partial charge in [0.25, 0.3) is 0 Å². The molecule has 0 spiro atoms. The van der Waals surface area contributed by atoms with E-state index in [0.717, 1.165) is 29.4 Å². The predicted octanol–water partition coefficient (Wildman–Crippen LogP) is 3.61. The summed E-state index contributed by atoms with van der Waals surface area (Å²) in [6.45, 7) is 0.913. The molecule has 28 heavy (non-hydrogen) atoms. The Kier molecular flexibility index (Phi) is 3.69. The maximum Gasteiger partial charge on any atom is 0.230 e. The molecular weight excluding hydrogens is 350 g/mol. The van der Waals surface area contributed by atoms with Crippen molar-refractivity contribution < 1.29 is 4.79 Å². The van der Waals surface area contributed by atoms with Crippen molar-refractivity contribution in [2.75, 3.05) is 22.5 Å². The van der Waals surface area contributed by atoms with E-state index >= 15 is 0 Å². The van der Waals surface area contributed by atoms with Crippen molar-refractivity contribution in [3.05, 3.63) is 54.2 Å². The van der Waals surface area contributed by atoms with E-state index in [1.54, 1.807) is 6.20 Å². The van der Waals surface area contributed by atoms with Crippen LogP contribution in [0.3, 0.4) is 0 Å². The SMILES string of the molecule is N#C[C@@H]1C[C@H]1C(=O)Nc1cc2cc(N3CCc4ccccc43)cc(N)c2cn1. The number of nitrogens with two attached hydrogens (primary N) is 1. The predicted molar refractivity (Wildman–Crippen MR) is 109 cm³/mol. The molecule has 2 aromatic carbocycles. The number of fused-ring (bicyclic) bond motifs is 2. The van der Waals surface area contributed by atoms with Crippen LogP contribution >= 0.6 is 0 Å². The minimum absolute atomic E-state index is 0.143. The Balaban J connectivity index is 1.48. The molecule has 1 aliphatic carbocycles. The third-order valence-corrected chi connectivity index (χ3v) is 5.60. The Hall–Kier alpha value is -3.59. The van der Waals surface area contributed by atoms with E-state index in [1.807, 2.05) is 18.2 Å². The highest BCUT2D eigenvalue weighted by atomic mass is 16.2. The van der Waals surface area contributed by atoms with E-state index in [0.29, 0.717) is 17.9 Å². The summed E-state index contributed by atoms with van der Waals surface area (Å²) >= 11 is 0. The van der Waals surface area contributed by atoms with Gasteiger partial charge in [-0.3, -0.25) is 4.79 Å². The molecule has 2 atom stereocenters. The maximum absolute atomic E-state index is 12.2. The largest absolute Gasteiger partial charge is 0.398 e. The van der Waals surface area contributed by atoms with Gasteiger partial charge in [-0.1, -0.05) is 18.2 Å². The van der Waals surface area contributed by atoms with E-state index in [2.05, 4.69) is 45.5 Å². The molecule has 2 aliphatic rings. The normalized spacial score (nSPS) is 19.9. The van der Waals surface area contributed by atoms with Crippen molar-refractivity contribution in [1.82, 2.24) is 4.98 Å². The van der Waals surface area contributed by atoms with Crippen molar-refractivity contribution in [2.24, 2.45) is 11.8 Å². The van der Waals surface area contributed by atoms with Gasteiger partial charge in [-0.15, -0.1) is 0 Å². The van der Waals surface area contributed by atoms with Crippen LogP contribution < -0.4 is 16.0 Å². The second kappa shape index (κ2) is 6.24. The molecule has 5 rings (SSSR count). The molecule has 1 saturated carbocycles. The van der Waals surface area contributed by atoms with Gasteiger partial charge in [0.2, 0.25) is 5.91 Å². The van der Waals surface area contributed by atoms with Crippen molar-refractivity contribution >= 4 is 39.6 Å². The van der Waals surface area contributed by atoms with Crippen LogP contribution in [0.15, 0.2) is 48.7 Å². The zero-order chi connectivity index (χ0) is 19.3. The highest BCUT2D eigenvalue weighted by Gasteiger charge is 2.43. The first kappa shape index (κ1) is 16.6. The number of hydrogen-bond acceptors (Lipinski definition) is 5. The van der Waals surface area contributed by atoms with E-state index in [9.17, 15) is 4.79 Å². The fourth-order valence-electron chi connectivity index (χ4n) is 3.95. The molecule has 138 valence electrons. The smallest absolute Gasteiger partial charge is 0.230 e. The minimum atomic E-state index is -0.222. The molecule has 3 aromatic rings. The topological polar surface area (TPSA) is 95.0 Å². The number of aromatic nitrogens is 1. The molecule has 1 aliphatic heterocycles. The van der Waals surface area contributed by atoms with Crippen LogP contribution in [-0.2, 0) is 11.2 Å². The lowest BCUT2D eigenvalue weighted by molar-refractivity contribution is -0.117. The number of anilines is 4. The Bertz CT molecular complexity index is 1150. The summed E-state index contributed by atoms with van der Waals surface area (Å²) in [4.78, 5) is 18.8. The number of nitriles is 1. The van der Waals surface area contributed by atoms with Gasteiger partial charge in [-0.2, -0.15) is 5.26 Å². The lowest BCUT2D eigenvalue weighted by atomic mass is 10.1. The quantitative estimate of drug-likeness (QED) is 0.688. The minimum Gasteiger partial charge on any atom is -0.398 e. The summed E-state index contributed by atoms with van der Waals surface area (Å²) in [7, 11) is 0. The van der Waals surface area contributed by atoms with Gasteiger partial charge in [-0.25, -0.2) is 4.98 Å². The van der Waals surface area contributed by atoms with E-state index in [-0.39, 0.29) is 17.7 Å². The molecular formula is C22H19N5O. The summed E-state index contributed by atoms with van der Waals surface area (Å²) in [5.74, 6) is -0.0478. The average Bonchev–Trinajstić information content (AvgIpc) is 3.38. The molecule has 0 unspecified atom stereocenters. The number of nitrogens with one attached hydrogen (secondary N) is 1. The van der Waals surface area contributed by atoms with Gasteiger partial charge in [0.15, 0.2) is 0 Å². The number of carbonyl (C=O) groups excluding carboxylic acids is 1. The van der Waals surface area contributed by atoms with Gasteiger partial charge >= 0.3 is 0 Å². The first-order chi connectivity index (χ1) is 13.6. The zero-order valence-electron chi connectivity index (χ0n) is 15.2. The summed E-state index contributed by atoms with van der Waals surface area (Å²) in [6, 6.07) is 16.4. The van der Waals surface area contributed by atoms with Gasteiger partial charge in [0.05, 0.1) is 17.9 Å². The summed E-state index contributed by atoms with van der Waals surface area (Å²) in [5, 5.41) is 13.5. The van der Waals surface area contributed by atoms with Gasteiger partial charge in [0.1, 0.15) is 5.82 Å². The van der Waals surface area contributed by atoms with Crippen molar-refractivity contribution in [1.29, 1.82) is 5.26 Å². The van der Waals surface area contributed by atoms with Crippen LogP contribution in [0.1, 0.15) is 12.0 Å². The number of para-hydroxylation sites is 1. The maximum atomic E-state index is 12.2. The molecule has 6 nitrogen and oxygen atoms in total. The number of rotatable bonds is 3. The number of carbonyl (C=O) groups is 1. The van der Waals surface area contributed by atoms with Crippen LogP contribution in [0.25, 0.3) is 10.8 Å². The molecule has 2 heterocycles. The van der Waals surface area contributed by atoms with Gasteiger partial charge < -0.3 is 16.0 Å². The highest BCUT2D eigenvalue weighted by molar-refractivity contribution is 6.00. The Morgan fingerprint density at radius 2 is 2.14 bits per heavy atom. The Morgan fingerprint density at radius 1 is 1.29 bits per heavy atom. The van der Waals surface area contributed by atoms with Crippen LogP contribution in [0.4, 0.5) is 22.9 Å². The Labute approximate surface area is 162 Å². The van der Waals surface area contributed by atoms with Gasteiger partial charge in [-0.05, 0) is 48.1 Å². The zero-order valence-corrected chi connectivity index (χ0v) is 15.2. The second-order valence-corrected chi connectivity index (χ2v) is 7.42. The first-order valence-electron chi connectivity index (χ1n) is 9.39. The summed E-state index contributed by atoms with van der Waals surface area (Å²) in [6.07, 6.45) is 3.32. The molecule has 0 bridgehead atoms. The summed E-state index contributed by atoms with van der Waals surface area (Å²) < 4.78 is 0. The Morgan fingerprint density at radius 3 is 2.96 bits per heavy atom. The fraction of sp³-hybridized carbons (Fsp3) is 0.227. The van der Waals surface area contributed by atoms with Crippen molar-refractivity contribution in [2.45, 2.75) is 12.8 Å². The first-order valence-corrected chi connectivity index (χ1v) is 9.39. The molecule has 1 fully saturated rings. The molecule has 0 radical (unpaired) electrons. The lowest BCUT2D eigenvalue weighted by Crippen LogP contribution is -2.15. The van der Waals surface area contributed by atoms with Crippen LogP contribution in [0, 0.1) is 23.2 Å². The monoisotopic (exact) mass is 369 g/mol. The molecule has 1 amide bonds. The number of benzene rings is 2. The average molecular weight is 369 g/mol. The highest BCUT2D eigenvalue weighted by Crippen LogP contribution is 2.39. The standard InChI is InChI=1S/C22H19N5O/c23-11-15-8-17(15)22(28)26-21-9-14-7-16(10-19(24)18(14)12-25-21)27-6-5-13-3-1-2-4-20(13)27/h1-4,7,9-10,12,15,17H,5-6,8,24H2,(H,25,26,28)/t15-,17+/m0/s1. The van der Waals surface area contributed by atoms with Crippen LogP contribution in [0.2, 0.25) is 0 Å². The number of amides is 1. The lowest BCUT2D eigenvalue weighted by Gasteiger charge is -2.21. The number of nitrogens with zero attached hydrogens (tertiary/aromatic N) is 3. The molecule has 1 aromatic heterocycles. The van der Waals surface area contributed by atoms with Gasteiger partial charge in [0, 0.05) is 35.2 Å². The van der Waals surface area contributed by atoms with E-state index in [1.165, 1.54) is 11.3 Å². The fourth-order valence-corrected chi connectivity index (χ4v) is 3.95. The number of hydrogen-bond donors (Lipinski definition) is 2. The number of pyridine rings is 1. The van der Waals surface area contributed by atoms with E-state index in [4.69, 9.17) is 11.0 Å². The number of nitrogen functional groups attached to an aromatic ring is 1. The molecule has 6 heteroatoms. The van der Waals surface area contributed by atoms with Crippen LogP contribution in [-0.4, -0.2) is 17.4 Å². The van der Waals surface area contributed by atoms with Crippen molar-refractivity contribution in [3.8, 4) is 6.07 Å². The summed E-state index contributed by atoms with van der Waals surface area (Å²) in [5.41, 5.74) is 10.5. The van der Waals surface area contributed by atoms with Crippen LogP contribution in [0.5, 0.6) is 0 Å². The van der Waals surface area contributed by atoms with E-state index < -0.39 is 0 Å². The molecule has 3 N–H and O–H groups in total. The second-order valence-electron chi connectivity index (χ2n) is 7.42. The van der Waals surface area contributed by atoms with Crippen molar-refractivity contribution in [3.63, 3.8) is 0 Å². The molecule has 0 saturated heterocycles. The third-order valence-electron chi connectivity index (χ3n) is 5.60. The third kappa shape index (κ3) is 2.72.